The molecule has 0 radical (unpaired) electrons. The van der Waals surface area contributed by atoms with Crippen LogP contribution in [0.15, 0.2) is 24.3 Å². The van der Waals surface area contributed by atoms with E-state index >= 15 is 0 Å². The molecule has 4 nitrogen and oxygen atoms in total. The SMILES string of the molecule is CCCOc1cccc(NC(=O)CCNC2CC2)c1. The minimum atomic E-state index is 0.0424. The van der Waals surface area contributed by atoms with Crippen molar-refractivity contribution in [3.63, 3.8) is 0 Å². The number of anilines is 1. The molecule has 19 heavy (non-hydrogen) atoms. The van der Waals surface area contributed by atoms with Crippen molar-refractivity contribution in [2.24, 2.45) is 0 Å². The van der Waals surface area contributed by atoms with E-state index in [1.54, 1.807) is 0 Å². The molecule has 0 saturated heterocycles. The van der Waals surface area contributed by atoms with Crippen LogP contribution in [0.3, 0.4) is 0 Å². The quantitative estimate of drug-likeness (QED) is 0.757. The summed E-state index contributed by atoms with van der Waals surface area (Å²) in [6.07, 6.45) is 3.98. The molecular formula is C15H22N2O2. The highest BCUT2D eigenvalue weighted by Gasteiger charge is 2.20. The third kappa shape index (κ3) is 5.30. The summed E-state index contributed by atoms with van der Waals surface area (Å²) in [5.41, 5.74) is 0.796. The fourth-order valence-electron chi connectivity index (χ4n) is 1.78. The highest BCUT2D eigenvalue weighted by molar-refractivity contribution is 5.91. The molecule has 0 heterocycles. The van der Waals surface area contributed by atoms with E-state index in [0.717, 1.165) is 24.4 Å². The van der Waals surface area contributed by atoms with Crippen LogP contribution < -0.4 is 15.4 Å². The molecule has 1 amide bonds. The number of ether oxygens (including phenoxy) is 1. The molecule has 1 aliphatic rings. The second-order valence-corrected chi connectivity index (χ2v) is 4.90. The minimum Gasteiger partial charge on any atom is -0.494 e. The zero-order valence-corrected chi connectivity index (χ0v) is 11.4. The van der Waals surface area contributed by atoms with Gasteiger partial charge in [0.2, 0.25) is 5.91 Å². The largest absolute Gasteiger partial charge is 0.494 e. The summed E-state index contributed by atoms with van der Waals surface area (Å²) in [6.45, 7) is 3.52. The normalized spacial score (nSPS) is 14.2. The summed E-state index contributed by atoms with van der Waals surface area (Å²) >= 11 is 0. The van der Waals surface area contributed by atoms with Crippen molar-refractivity contribution in [3.8, 4) is 5.75 Å². The number of benzene rings is 1. The Bertz CT molecular complexity index is 416. The first-order chi connectivity index (χ1) is 9.28. The van der Waals surface area contributed by atoms with Crippen LogP contribution in [-0.2, 0) is 4.79 Å². The van der Waals surface area contributed by atoms with E-state index in [1.807, 2.05) is 24.3 Å². The first-order valence-electron chi connectivity index (χ1n) is 7.04. The molecule has 2 N–H and O–H groups in total. The number of hydrogen-bond donors (Lipinski definition) is 2. The van der Waals surface area contributed by atoms with Gasteiger partial charge in [-0.15, -0.1) is 0 Å². The van der Waals surface area contributed by atoms with Gasteiger partial charge < -0.3 is 15.4 Å². The van der Waals surface area contributed by atoms with Gasteiger partial charge in [0.25, 0.3) is 0 Å². The summed E-state index contributed by atoms with van der Waals surface area (Å²) in [4.78, 5) is 11.7. The van der Waals surface area contributed by atoms with Crippen molar-refractivity contribution < 1.29 is 9.53 Å². The molecule has 0 unspecified atom stereocenters. The predicted octanol–water partition coefficient (Wildman–Crippen LogP) is 2.56. The summed E-state index contributed by atoms with van der Waals surface area (Å²) in [6, 6.07) is 8.19. The van der Waals surface area contributed by atoms with Crippen molar-refractivity contribution in [2.45, 2.75) is 38.6 Å². The Morgan fingerprint density at radius 3 is 3.00 bits per heavy atom. The second kappa shape index (κ2) is 7.14. The van der Waals surface area contributed by atoms with E-state index in [1.165, 1.54) is 12.8 Å². The molecule has 1 aromatic carbocycles. The average molecular weight is 262 g/mol. The molecule has 4 heteroatoms. The fourth-order valence-corrected chi connectivity index (χ4v) is 1.78. The molecule has 0 aliphatic heterocycles. The summed E-state index contributed by atoms with van der Waals surface area (Å²) in [7, 11) is 0. The Kier molecular flexibility index (Phi) is 5.21. The van der Waals surface area contributed by atoms with Gasteiger partial charge in [-0.25, -0.2) is 0 Å². The molecule has 1 fully saturated rings. The van der Waals surface area contributed by atoms with Crippen LogP contribution in [-0.4, -0.2) is 25.1 Å². The third-order valence-electron chi connectivity index (χ3n) is 2.95. The fraction of sp³-hybridized carbons (Fsp3) is 0.533. The molecule has 1 aliphatic carbocycles. The second-order valence-electron chi connectivity index (χ2n) is 4.90. The van der Waals surface area contributed by atoms with Gasteiger partial charge in [0.15, 0.2) is 0 Å². The average Bonchev–Trinajstić information content (AvgIpc) is 3.21. The number of rotatable bonds is 8. The van der Waals surface area contributed by atoms with E-state index in [-0.39, 0.29) is 5.91 Å². The van der Waals surface area contributed by atoms with Gasteiger partial charge in [-0.1, -0.05) is 13.0 Å². The number of amides is 1. The van der Waals surface area contributed by atoms with E-state index in [2.05, 4.69) is 17.6 Å². The van der Waals surface area contributed by atoms with Crippen LogP contribution >= 0.6 is 0 Å². The Hall–Kier alpha value is -1.55. The first-order valence-corrected chi connectivity index (χ1v) is 7.04. The Balaban J connectivity index is 1.74. The van der Waals surface area contributed by atoms with Crippen LogP contribution in [0.1, 0.15) is 32.6 Å². The lowest BCUT2D eigenvalue weighted by molar-refractivity contribution is -0.116. The van der Waals surface area contributed by atoms with Crippen LogP contribution in [0.5, 0.6) is 5.75 Å². The van der Waals surface area contributed by atoms with Gasteiger partial charge in [0.05, 0.1) is 6.61 Å². The maximum absolute atomic E-state index is 11.7. The van der Waals surface area contributed by atoms with Gasteiger partial charge in [-0.2, -0.15) is 0 Å². The lowest BCUT2D eigenvalue weighted by Gasteiger charge is -2.08. The van der Waals surface area contributed by atoms with E-state index < -0.39 is 0 Å². The smallest absolute Gasteiger partial charge is 0.225 e. The molecule has 0 bridgehead atoms. The van der Waals surface area contributed by atoms with Crippen molar-refractivity contribution >= 4 is 11.6 Å². The van der Waals surface area contributed by atoms with Gasteiger partial charge in [-0.05, 0) is 31.4 Å². The number of carbonyl (C=O) groups is 1. The maximum atomic E-state index is 11.7. The van der Waals surface area contributed by atoms with E-state index in [0.29, 0.717) is 19.1 Å². The molecular weight excluding hydrogens is 240 g/mol. The van der Waals surface area contributed by atoms with Crippen LogP contribution in [0.4, 0.5) is 5.69 Å². The molecule has 1 saturated carbocycles. The molecule has 0 spiro atoms. The molecule has 0 atom stereocenters. The predicted molar refractivity (Wildman–Crippen MR) is 76.5 cm³/mol. The minimum absolute atomic E-state index is 0.0424. The van der Waals surface area contributed by atoms with Crippen molar-refractivity contribution in [1.82, 2.24) is 5.32 Å². The zero-order valence-electron chi connectivity index (χ0n) is 11.4. The van der Waals surface area contributed by atoms with E-state index in [4.69, 9.17) is 4.74 Å². The Labute approximate surface area is 114 Å². The highest BCUT2D eigenvalue weighted by Crippen LogP contribution is 2.19. The lowest BCUT2D eigenvalue weighted by Crippen LogP contribution is -2.23. The first kappa shape index (κ1) is 13.9. The molecule has 1 aromatic rings. The summed E-state index contributed by atoms with van der Waals surface area (Å²) in [5.74, 6) is 0.844. The topological polar surface area (TPSA) is 50.4 Å². The van der Waals surface area contributed by atoms with E-state index in [9.17, 15) is 4.79 Å². The number of carbonyl (C=O) groups excluding carboxylic acids is 1. The maximum Gasteiger partial charge on any atom is 0.225 e. The standard InChI is InChI=1S/C15H22N2O2/c1-2-10-19-14-5-3-4-13(11-14)17-15(18)8-9-16-12-6-7-12/h3-5,11-12,16H,2,6-10H2,1H3,(H,17,18). The number of hydrogen-bond acceptors (Lipinski definition) is 3. The van der Waals surface area contributed by atoms with Crippen molar-refractivity contribution in [1.29, 1.82) is 0 Å². The third-order valence-corrected chi connectivity index (χ3v) is 2.95. The van der Waals surface area contributed by atoms with Gasteiger partial charge in [0.1, 0.15) is 5.75 Å². The molecule has 104 valence electrons. The molecule has 2 rings (SSSR count). The zero-order chi connectivity index (χ0) is 13.5. The van der Waals surface area contributed by atoms with Crippen LogP contribution in [0.25, 0.3) is 0 Å². The van der Waals surface area contributed by atoms with Gasteiger partial charge in [-0.3, -0.25) is 4.79 Å². The van der Waals surface area contributed by atoms with Crippen LogP contribution in [0, 0.1) is 0 Å². The highest BCUT2D eigenvalue weighted by atomic mass is 16.5. The summed E-state index contributed by atoms with van der Waals surface area (Å²) in [5, 5.41) is 6.22. The van der Waals surface area contributed by atoms with Crippen LogP contribution in [0.2, 0.25) is 0 Å². The van der Waals surface area contributed by atoms with Crippen molar-refractivity contribution in [2.75, 3.05) is 18.5 Å². The Morgan fingerprint density at radius 2 is 2.26 bits per heavy atom. The number of nitrogens with one attached hydrogen (secondary N) is 2. The van der Waals surface area contributed by atoms with Gasteiger partial charge >= 0.3 is 0 Å². The summed E-state index contributed by atoms with van der Waals surface area (Å²) < 4.78 is 5.53. The van der Waals surface area contributed by atoms with Gasteiger partial charge in [0, 0.05) is 30.8 Å². The molecule has 0 aromatic heterocycles. The Morgan fingerprint density at radius 1 is 1.42 bits per heavy atom. The monoisotopic (exact) mass is 262 g/mol. The van der Waals surface area contributed by atoms with Crippen molar-refractivity contribution in [3.05, 3.63) is 24.3 Å². The lowest BCUT2D eigenvalue weighted by atomic mass is 10.3.